The number of ether oxygens (including phenoxy) is 1. The summed E-state index contributed by atoms with van der Waals surface area (Å²) in [4.78, 5) is 12.4. The van der Waals surface area contributed by atoms with Crippen molar-refractivity contribution in [3.05, 3.63) is 77.9 Å². The number of nitrogens with one attached hydrogen (secondary N) is 2. The van der Waals surface area contributed by atoms with Crippen molar-refractivity contribution in [2.75, 3.05) is 25.0 Å². The van der Waals surface area contributed by atoms with Gasteiger partial charge in [-0.2, -0.15) is 5.10 Å². The van der Waals surface area contributed by atoms with Gasteiger partial charge in [0, 0.05) is 25.0 Å². The fourth-order valence-electron chi connectivity index (χ4n) is 2.96. The third-order valence-electron chi connectivity index (χ3n) is 4.39. The van der Waals surface area contributed by atoms with E-state index in [1.165, 1.54) is 23.0 Å². The number of rotatable bonds is 4. The molecule has 0 bridgehead atoms. The summed E-state index contributed by atoms with van der Waals surface area (Å²) in [5.41, 5.74) is 2.70. The first kappa shape index (κ1) is 17.4. The minimum Gasteiger partial charge on any atom is -0.371 e. The monoisotopic (exact) mass is 366 g/mol. The number of hydrogen-bond acceptors (Lipinski definition) is 4. The Kier molecular flexibility index (Phi) is 4.95. The Balaban J connectivity index is 1.43. The summed E-state index contributed by atoms with van der Waals surface area (Å²) in [6, 6.07) is 13.6. The summed E-state index contributed by atoms with van der Waals surface area (Å²) in [5.74, 6) is -0.632. The van der Waals surface area contributed by atoms with Gasteiger partial charge < -0.3 is 15.4 Å². The number of hydrogen-bond donors (Lipinski definition) is 2. The van der Waals surface area contributed by atoms with E-state index >= 15 is 0 Å². The Bertz CT molecular complexity index is 933. The predicted molar refractivity (Wildman–Crippen MR) is 99.5 cm³/mol. The number of nitrogens with zero attached hydrogens (tertiary/aromatic N) is 2. The average Bonchev–Trinajstić information content (AvgIpc) is 3.20. The van der Waals surface area contributed by atoms with Crippen molar-refractivity contribution in [3.8, 4) is 5.69 Å². The molecule has 1 aromatic heterocycles. The number of carbonyl (C=O) groups excluding carboxylic acids is 1. The van der Waals surface area contributed by atoms with Crippen LogP contribution in [0.15, 0.2) is 60.9 Å². The Morgan fingerprint density at radius 3 is 2.85 bits per heavy atom. The largest absolute Gasteiger partial charge is 0.371 e. The Morgan fingerprint density at radius 2 is 2.11 bits per heavy atom. The first-order valence-corrected chi connectivity index (χ1v) is 8.73. The van der Waals surface area contributed by atoms with Gasteiger partial charge in [0.2, 0.25) is 0 Å². The van der Waals surface area contributed by atoms with Crippen molar-refractivity contribution >= 4 is 11.6 Å². The zero-order chi connectivity index (χ0) is 18.6. The molecule has 138 valence electrons. The lowest BCUT2D eigenvalue weighted by molar-refractivity contribution is 0.0277. The van der Waals surface area contributed by atoms with Crippen LogP contribution in [0.3, 0.4) is 0 Å². The van der Waals surface area contributed by atoms with E-state index in [2.05, 4.69) is 15.7 Å². The van der Waals surface area contributed by atoms with Crippen LogP contribution < -0.4 is 10.6 Å². The summed E-state index contributed by atoms with van der Waals surface area (Å²) in [6.45, 7) is 2.34. The number of morpholine rings is 1. The molecule has 1 aliphatic rings. The van der Waals surface area contributed by atoms with Crippen LogP contribution in [0.5, 0.6) is 0 Å². The van der Waals surface area contributed by atoms with Crippen molar-refractivity contribution in [2.45, 2.75) is 6.10 Å². The topological polar surface area (TPSA) is 68.2 Å². The normalized spacial score (nSPS) is 16.9. The van der Waals surface area contributed by atoms with Gasteiger partial charge in [-0.1, -0.05) is 18.2 Å². The van der Waals surface area contributed by atoms with Gasteiger partial charge >= 0.3 is 0 Å². The van der Waals surface area contributed by atoms with Crippen LogP contribution in [0.2, 0.25) is 0 Å². The van der Waals surface area contributed by atoms with Gasteiger partial charge in [-0.3, -0.25) is 4.79 Å². The van der Waals surface area contributed by atoms with Crippen molar-refractivity contribution in [2.24, 2.45) is 0 Å². The van der Waals surface area contributed by atoms with E-state index < -0.39 is 0 Å². The fourth-order valence-corrected chi connectivity index (χ4v) is 2.96. The Labute approximate surface area is 156 Å². The molecular weight excluding hydrogens is 347 g/mol. The van der Waals surface area contributed by atoms with Gasteiger partial charge in [-0.15, -0.1) is 0 Å². The third kappa shape index (κ3) is 4.05. The molecule has 0 saturated carbocycles. The zero-order valence-corrected chi connectivity index (χ0v) is 14.6. The number of carbonyl (C=O) groups is 1. The minimum absolute atomic E-state index is 0.0352. The molecule has 1 unspecified atom stereocenters. The third-order valence-corrected chi connectivity index (χ3v) is 4.39. The van der Waals surface area contributed by atoms with Gasteiger partial charge in [0.25, 0.3) is 5.91 Å². The number of halogens is 1. The van der Waals surface area contributed by atoms with E-state index in [1.807, 2.05) is 24.3 Å². The molecule has 6 nitrogen and oxygen atoms in total. The van der Waals surface area contributed by atoms with Crippen LogP contribution in [0, 0.1) is 5.82 Å². The maximum atomic E-state index is 13.3. The second-order valence-corrected chi connectivity index (χ2v) is 6.29. The molecule has 1 atom stereocenters. The molecule has 27 heavy (non-hydrogen) atoms. The van der Waals surface area contributed by atoms with Crippen LogP contribution >= 0.6 is 0 Å². The number of benzene rings is 2. The predicted octanol–water partition coefficient (Wildman–Crippen LogP) is 2.92. The van der Waals surface area contributed by atoms with Crippen LogP contribution in [-0.4, -0.2) is 35.4 Å². The van der Waals surface area contributed by atoms with E-state index in [0.717, 1.165) is 18.7 Å². The van der Waals surface area contributed by atoms with Gasteiger partial charge in [0.1, 0.15) is 5.82 Å². The van der Waals surface area contributed by atoms with E-state index in [4.69, 9.17) is 4.74 Å². The van der Waals surface area contributed by atoms with Crippen molar-refractivity contribution in [3.63, 3.8) is 0 Å². The highest BCUT2D eigenvalue weighted by atomic mass is 19.1. The maximum Gasteiger partial charge on any atom is 0.258 e. The highest BCUT2D eigenvalue weighted by Gasteiger charge is 2.16. The van der Waals surface area contributed by atoms with Crippen LogP contribution in [0.1, 0.15) is 22.0 Å². The molecule has 1 saturated heterocycles. The average molecular weight is 366 g/mol. The summed E-state index contributed by atoms with van der Waals surface area (Å²) in [7, 11) is 0. The van der Waals surface area contributed by atoms with Crippen molar-refractivity contribution in [1.29, 1.82) is 0 Å². The second kappa shape index (κ2) is 7.69. The lowest BCUT2D eigenvalue weighted by Crippen LogP contribution is -2.33. The number of amides is 1. The SMILES string of the molecule is O=C(Nc1ccc(C2CNCCO2)cc1)c1cnn(-c2cccc(F)c2)c1. The van der Waals surface area contributed by atoms with Gasteiger partial charge in [-0.25, -0.2) is 9.07 Å². The van der Waals surface area contributed by atoms with Gasteiger partial charge in [0.05, 0.1) is 30.2 Å². The van der Waals surface area contributed by atoms with E-state index in [1.54, 1.807) is 18.3 Å². The summed E-state index contributed by atoms with van der Waals surface area (Å²) in [5, 5.41) is 10.3. The minimum atomic E-state index is -0.355. The molecule has 2 heterocycles. The molecule has 2 N–H and O–H groups in total. The molecule has 7 heteroatoms. The molecule has 0 aliphatic carbocycles. The molecule has 4 rings (SSSR count). The summed E-state index contributed by atoms with van der Waals surface area (Å²) >= 11 is 0. The first-order valence-electron chi connectivity index (χ1n) is 8.73. The summed E-state index contributed by atoms with van der Waals surface area (Å²) in [6.07, 6.45) is 3.06. The van der Waals surface area contributed by atoms with E-state index in [9.17, 15) is 9.18 Å². The van der Waals surface area contributed by atoms with Crippen LogP contribution in [0.4, 0.5) is 10.1 Å². The molecular formula is C20H19FN4O2. The lowest BCUT2D eigenvalue weighted by atomic mass is 10.1. The molecule has 0 spiro atoms. The highest BCUT2D eigenvalue weighted by molar-refractivity contribution is 6.04. The van der Waals surface area contributed by atoms with E-state index in [-0.39, 0.29) is 17.8 Å². The Hall–Kier alpha value is -3.03. The highest BCUT2D eigenvalue weighted by Crippen LogP contribution is 2.21. The van der Waals surface area contributed by atoms with Gasteiger partial charge in [-0.05, 0) is 35.9 Å². The molecule has 1 fully saturated rings. The molecule has 1 amide bonds. The van der Waals surface area contributed by atoms with Crippen LogP contribution in [-0.2, 0) is 4.74 Å². The number of aromatic nitrogens is 2. The standard InChI is InChI=1S/C20H19FN4O2/c21-16-2-1-3-18(10-16)25-13-15(11-23-25)20(26)24-17-6-4-14(5-7-17)19-12-22-8-9-27-19/h1-7,10-11,13,19,22H,8-9,12H2,(H,24,26). The van der Waals surface area contributed by atoms with E-state index in [0.29, 0.717) is 23.5 Å². The summed E-state index contributed by atoms with van der Waals surface area (Å²) < 4.78 is 20.5. The van der Waals surface area contributed by atoms with Crippen molar-refractivity contribution in [1.82, 2.24) is 15.1 Å². The zero-order valence-electron chi connectivity index (χ0n) is 14.6. The quantitative estimate of drug-likeness (QED) is 0.745. The second-order valence-electron chi connectivity index (χ2n) is 6.29. The molecule has 0 radical (unpaired) electrons. The fraction of sp³-hybridized carbons (Fsp3) is 0.200. The molecule has 1 aliphatic heterocycles. The molecule has 2 aromatic carbocycles. The smallest absolute Gasteiger partial charge is 0.258 e. The van der Waals surface area contributed by atoms with Gasteiger partial charge in [0.15, 0.2) is 0 Å². The molecule has 3 aromatic rings. The maximum absolute atomic E-state index is 13.3. The first-order chi connectivity index (χ1) is 13.2. The number of anilines is 1. The van der Waals surface area contributed by atoms with Crippen molar-refractivity contribution < 1.29 is 13.9 Å². The lowest BCUT2D eigenvalue weighted by Gasteiger charge is -2.24. The van der Waals surface area contributed by atoms with Crippen LogP contribution in [0.25, 0.3) is 5.69 Å². The Morgan fingerprint density at radius 1 is 1.26 bits per heavy atom.